The molecule has 2 aliphatic carbocycles. The van der Waals surface area contributed by atoms with Crippen molar-refractivity contribution in [3.05, 3.63) is 47.5 Å². The van der Waals surface area contributed by atoms with Crippen LogP contribution in [0.3, 0.4) is 0 Å². The molecule has 0 radical (unpaired) electrons. The Hall–Kier alpha value is -1.34. The molecule has 1 N–H and O–H groups in total. The molecule has 0 spiro atoms. The average molecular weight is 421 g/mol. The second-order valence-electron chi connectivity index (χ2n) is 11.1. The lowest BCUT2D eigenvalue weighted by Crippen LogP contribution is -2.28. The maximum atomic E-state index is 10.5. The van der Waals surface area contributed by atoms with Crippen LogP contribution in [-0.4, -0.2) is 10.7 Å². The molecule has 2 aliphatic rings. The minimum Gasteiger partial charge on any atom is -0.390 e. The highest BCUT2D eigenvalue weighted by molar-refractivity contribution is 5.84. The van der Waals surface area contributed by atoms with E-state index in [1.165, 1.54) is 86.1 Å². The van der Waals surface area contributed by atoms with Crippen molar-refractivity contribution in [1.29, 1.82) is 0 Å². The van der Waals surface area contributed by atoms with Crippen LogP contribution in [0.2, 0.25) is 0 Å². The molecule has 2 aromatic carbocycles. The van der Waals surface area contributed by atoms with Crippen LogP contribution in [0.1, 0.15) is 108 Å². The zero-order chi connectivity index (χ0) is 21.8. The lowest BCUT2D eigenvalue weighted by molar-refractivity contribution is 0.0170. The van der Waals surface area contributed by atoms with Crippen molar-refractivity contribution in [2.24, 2.45) is 17.8 Å². The topological polar surface area (TPSA) is 20.2 Å². The molecule has 0 saturated heterocycles. The van der Waals surface area contributed by atoms with Gasteiger partial charge in [-0.3, -0.25) is 0 Å². The predicted molar refractivity (Wildman–Crippen MR) is 134 cm³/mol. The first-order valence-corrected chi connectivity index (χ1v) is 13.2. The van der Waals surface area contributed by atoms with E-state index in [0.717, 1.165) is 24.7 Å². The zero-order valence-corrected chi connectivity index (χ0v) is 20.2. The summed E-state index contributed by atoms with van der Waals surface area (Å²) in [5, 5.41) is 13.3. The van der Waals surface area contributed by atoms with Crippen LogP contribution < -0.4 is 0 Å². The van der Waals surface area contributed by atoms with Crippen LogP contribution in [0, 0.1) is 17.8 Å². The number of rotatable bonds is 8. The standard InChI is InChI=1S/C30H44O/c1-4-23-11-14-25(15-12-23)22(2)27-18-17-26-16-13-24(20-28(26)21-27)8-5-6-9-29-10-7-19-30(29,3)31/h13,16-18,20-23,25,29,31H,4-12,14-15,19H2,1-3H3. The fourth-order valence-electron chi connectivity index (χ4n) is 6.52. The third-order valence-corrected chi connectivity index (χ3v) is 9.01. The second-order valence-corrected chi connectivity index (χ2v) is 11.1. The van der Waals surface area contributed by atoms with Crippen molar-refractivity contribution >= 4 is 10.8 Å². The summed E-state index contributed by atoms with van der Waals surface area (Å²) in [7, 11) is 0. The van der Waals surface area contributed by atoms with E-state index in [-0.39, 0.29) is 0 Å². The third-order valence-electron chi connectivity index (χ3n) is 9.01. The molecule has 31 heavy (non-hydrogen) atoms. The van der Waals surface area contributed by atoms with Gasteiger partial charge in [-0.25, -0.2) is 0 Å². The Morgan fingerprint density at radius 3 is 2.45 bits per heavy atom. The molecule has 1 nitrogen and oxygen atoms in total. The molecule has 170 valence electrons. The third kappa shape index (κ3) is 5.54. The molecule has 2 saturated carbocycles. The van der Waals surface area contributed by atoms with Crippen molar-refractivity contribution < 1.29 is 5.11 Å². The Bertz CT molecular complexity index is 843. The Labute approximate surface area is 190 Å². The molecule has 3 unspecified atom stereocenters. The quantitative estimate of drug-likeness (QED) is 0.425. The second kappa shape index (κ2) is 10.1. The van der Waals surface area contributed by atoms with Crippen LogP contribution >= 0.6 is 0 Å². The predicted octanol–water partition coefficient (Wildman–Crippen LogP) is 8.42. The summed E-state index contributed by atoms with van der Waals surface area (Å²) in [5.41, 5.74) is 2.60. The van der Waals surface area contributed by atoms with Gasteiger partial charge in [-0.1, -0.05) is 82.3 Å². The van der Waals surface area contributed by atoms with E-state index >= 15 is 0 Å². The van der Waals surface area contributed by atoms with E-state index in [2.05, 4.69) is 50.2 Å². The summed E-state index contributed by atoms with van der Waals surface area (Å²) in [6.07, 6.45) is 15.2. The minimum atomic E-state index is -0.411. The molecule has 2 aromatic rings. The summed E-state index contributed by atoms with van der Waals surface area (Å²) >= 11 is 0. The summed E-state index contributed by atoms with van der Waals surface area (Å²) in [6.45, 7) is 6.86. The first-order chi connectivity index (χ1) is 15.0. The molecule has 3 atom stereocenters. The lowest BCUT2D eigenvalue weighted by atomic mass is 9.73. The maximum absolute atomic E-state index is 10.5. The van der Waals surface area contributed by atoms with E-state index in [1.54, 1.807) is 0 Å². The van der Waals surface area contributed by atoms with Crippen molar-refractivity contribution in [2.45, 2.75) is 109 Å². The zero-order valence-electron chi connectivity index (χ0n) is 20.2. The minimum absolute atomic E-state index is 0.411. The highest BCUT2D eigenvalue weighted by atomic mass is 16.3. The van der Waals surface area contributed by atoms with Gasteiger partial charge >= 0.3 is 0 Å². The van der Waals surface area contributed by atoms with Crippen molar-refractivity contribution in [1.82, 2.24) is 0 Å². The Morgan fingerprint density at radius 1 is 0.968 bits per heavy atom. The van der Waals surface area contributed by atoms with Crippen LogP contribution in [0.25, 0.3) is 10.8 Å². The fourth-order valence-corrected chi connectivity index (χ4v) is 6.52. The highest BCUT2D eigenvalue weighted by Gasteiger charge is 2.35. The fraction of sp³-hybridized carbons (Fsp3) is 0.667. The molecule has 2 fully saturated rings. The van der Waals surface area contributed by atoms with Gasteiger partial charge in [0.05, 0.1) is 5.60 Å². The van der Waals surface area contributed by atoms with Crippen LogP contribution in [0.5, 0.6) is 0 Å². The molecular weight excluding hydrogens is 376 g/mol. The largest absolute Gasteiger partial charge is 0.390 e. The number of hydrogen-bond donors (Lipinski definition) is 1. The van der Waals surface area contributed by atoms with Crippen molar-refractivity contribution in [3.63, 3.8) is 0 Å². The molecular formula is C30H44O. The molecule has 0 aliphatic heterocycles. The number of aliphatic hydroxyl groups is 1. The van der Waals surface area contributed by atoms with E-state index < -0.39 is 5.60 Å². The molecule has 0 heterocycles. The summed E-state index contributed by atoms with van der Waals surface area (Å²) < 4.78 is 0. The number of benzene rings is 2. The summed E-state index contributed by atoms with van der Waals surface area (Å²) in [4.78, 5) is 0. The van der Waals surface area contributed by atoms with E-state index in [0.29, 0.717) is 11.8 Å². The smallest absolute Gasteiger partial charge is 0.0647 e. The van der Waals surface area contributed by atoms with Gasteiger partial charge in [0.25, 0.3) is 0 Å². The maximum Gasteiger partial charge on any atom is 0.0647 e. The van der Waals surface area contributed by atoms with Crippen LogP contribution in [0.4, 0.5) is 0 Å². The van der Waals surface area contributed by atoms with Crippen molar-refractivity contribution in [2.75, 3.05) is 0 Å². The van der Waals surface area contributed by atoms with Gasteiger partial charge in [-0.2, -0.15) is 0 Å². The number of hydrogen-bond acceptors (Lipinski definition) is 1. The lowest BCUT2D eigenvalue weighted by Gasteiger charge is -2.32. The Morgan fingerprint density at radius 2 is 1.74 bits per heavy atom. The number of fused-ring (bicyclic) bond motifs is 1. The van der Waals surface area contributed by atoms with E-state index in [4.69, 9.17) is 0 Å². The molecule has 1 heteroatoms. The first kappa shape index (κ1) is 22.8. The Kier molecular flexibility index (Phi) is 7.42. The van der Waals surface area contributed by atoms with Crippen LogP contribution in [0.15, 0.2) is 36.4 Å². The Balaban J connectivity index is 1.34. The van der Waals surface area contributed by atoms with Gasteiger partial charge in [-0.05, 0) is 97.4 Å². The van der Waals surface area contributed by atoms with E-state index in [9.17, 15) is 5.11 Å². The summed E-state index contributed by atoms with van der Waals surface area (Å²) in [6, 6.07) is 14.3. The SMILES string of the molecule is CCC1CCC(C(C)c2ccc3ccc(CCCCC4CCCC4(C)O)cc3c2)CC1. The van der Waals surface area contributed by atoms with Gasteiger partial charge in [-0.15, -0.1) is 0 Å². The van der Waals surface area contributed by atoms with E-state index in [1.807, 2.05) is 6.92 Å². The monoisotopic (exact) mass is 420 g/mol. The van der Waals surface area contributed by atoms with Gasteiger partial charge < -0.3 is 5.11 Å². The number of unbranched alkanes of at least 4 members (excludes halogenated alkanes) is 1. The summed E-state index contributed by atoms with van der Waals surface area (Å²) in [5.74, 6) is 3.02. The molecule has 0 aromatic heterocycles. The van der Waals surface area contributed by atoms with Gasteiger partial charge in [0.15, 0.2) is 0 Å². The van der Waals surface area contributed by atoms with Crippen LogP contribution in [-0.2, 0) is 6.42 Å². The molecule has 0 bridgehead atoms. The number of aryl methyl sites for hydroxylation is 1. The molecule has 0 amide bonds. The van der Waals surface area contributed by atoms with Gasteiger partial charge in [0.1, 0.15) is 0 Å². The molecule has 4 rings (SSSR count). The normalized spacial score (nSPS) is 30.0. The first-order valence-electron chi connectivity index (χ1n) is 13.2. The van der Waals surface area contributed by atoms with Gasteiger partial charge in [0, 0.05) is 0 Å². The average Bonchev–Trinajstić information content (AvgIpc) is 3.13. The van der Waals surface area contributed by atoms with Crippen molar-refractivity contribution in [3.8, 4) is 0 Å². The highest BCUT2D eigenvalue weighted by Crippen LogP contribution is 2.40. The van der Waals surface area contributed by atoms with Gasteiger partial charge in [0.2, 0.25) is 0 Å².